The van der Waals surface area contributed by atoms with Crippen molar-refractivity contribution >= 4 is 11.6 Å². The molecule has 0 saturated carbocycles. The van der Waals surface area contributed by atoms with Crippen molar-refractivity contribution in [2.75, 3.05) is 6.54 Å². The third-order valence-corrected chi connectivity index (χ3v) is 4.63. The third kappa shape index (κ3) is 5.31. The number of nitrogens with zero attached hydrogens (tertiary/aromatic N) is 2. The van der Waals surface area contributed by atoms with E-state index in [1.807, 2.05) is 75.4 Å². The van der Waals surface area contributed by atoms with E-state index in [0.29, 0.717) is 24.7 Å². The van der Waals surface area contributed by atoms with Gasteiger partial charge in [-0.1, -0.05) is 65.8 Å². The van der Waals surface area contributed by atoms with Crippen molar-refractivity contribution in [1.29, 1.82) is 0 Å². The maximum atomic E-state index is 12.4. The molecule has 0 radical (unpaired) electrons. The SMILES string of the molecule is C=C(C)c1cccc(C(C)(C)NC(=O)NCCc2nc(-c3ccccc3)no2)c1. The zero-order valence-corrected chi connectivity index (χ0v) is 17.0. The Morgan fingerprint density at radius 3 is 2.62 bits per heavy atom. The average molecular weight is 390 g/mol. The van der Waals surface area contributed by atoms with E-state index in [9.17, 15) is 4.79 Å². The lowest BCUT2D eigenvalue weighted by Gasteiger charge is -2.27. The molecule has 0 fully saturated rings. The van der Waals surface area contributed by atoms with Gasteiger partial charge in [0.25, 0.3) is 0 Å². The van der Waals surface area contributed by atoms with Gasteiger partial charge in [0, 0.05) is 18.5 Å². The summed E-state index contributed by atoms with van der Waals surface area (Å²) < 4.78 is 5.27. The minimum Gasteiger partial charge on any atom is -0.339 e. The molecule has 3 rings (SSSR count). The summed E-state index contributed by atoms with van der Waals surface area (Å²) in [6.45, 7) is 10.3. The van der Waals surface area contributed by atoms with Crippen LogP contribution in [0.3, 0.4) is 0 Å². The van der Waals surface area contributed by atoms with Crippen molar-refractivity contribution in [3.63, 3.8) is 0 Å². The summed E-state index contributed by atoms with van der Waals surface area (Å²) in [5, 5.41) is 9.84. The number of hydrogen-bond donors (Lipinski definition) is 2. The number of nitrogens with one attached hydrogen (secondary N) is 2. The maximum absolute atomic E-state index is 12.4. The van der Waals surface area contributed by atoms with E-state index >= 15 is 0 Å². The van der Waals surface area contributed by atoms with Crippen molar-refractivity contribution < 1.29 is 9.32 Å². The number of carbonyl (C=O) groups excluding carboxylic acids is 1. The Morgan fingerprint density at radius 1 is 1.14 bits per heavy atom. The molecule has 0 aliphatic rings. The fourth-order valence-electron chi connectivity index (χ4n) is 2.92. The molecule has 2 N–H and O–H groups in total. The van der Waals surface area contributed by atoms with Gasteiger partial charge in [0.1, 0.15) is 0 Å². The van der Waals surface area contributed by atoms with Crippen molar-refractivity contribution in [2.45, 2.75) is 32.7 Å². The lowest BCUT2D eigenvalue weighted by atomic mass is 9.92. The van der Waals surface area contributed by atoms with Crippen LogP contribution in [-0.4, -0.2) is 22.7 Å². The van der Waals surface area contributed by atoms with Gasteiger partial charge in [0.15, 0.2) is 0 Å². The molecule has 3 aromatic rings. The molecule has 2 amide bonds. The molecule has 0 bridgehead atoms. The fraction of sp³-hybridized carbons (Fsp3) is 0.261. The lowest BCUT2D eigenvalue weighted by molar-refractivity contribution is 0.229. The van der Waals surface area contributed by atoms with E-state index in [4.69, 9.17) is 4.52 Å². The number of urea groups is 1. The summed E-state index contributed by atoms with van der Waals surface area (Å²) in [5.41, 5.74) is 3.43. The molecule has 150 valence electrons. The summed E-state index contributed by atoms with van der Waals surface area (Å²) in [4.78, 5) is 16.7. The van der Waals surface area contributed by atoms with Crippen LogP contribution in [0.15, 0.2) is 65.7 Å². The summed E-state index contributed by atoms with van der Waals surface area (Å²) >= 11 is 0. The minimum absolute atomic E-state index is 0.251. The number of carbonyl (C=O) groups is 1. The zero-order valence-electron chi connectivity index (χ0n) is 17.0. The molecule has 2 aromatic carbocycles. The Balaban J connectivity index is 1.53. The molecule has 0 spiro atoms. The topological polar surface area (TPSA) is 80.0 Å². The number of hydrogen-bond acceptors (Lipinski definition) is 4. The second kappa shape index (κ2) is 8.73. The molecule has 6 heteroatoms. The predicted molar refractivity (Wildman–Crippen MR) is 114 cm³/mol. The van der Waals surface area contributed by atoms with Crippen LogP contribution in [-0.2, 0) is 12.0 Å². The molecular formula is C23H26N4O2. The summed E-state index contributed by atoms with van der Waals surface area (Å²) in [5.74, 6) is 1.03. The number of amides is 2. The second-order valence-corrected chi connectivity index (χ2v) is 7.49. The van der Waals surface area contributed by atoms with Gasteiger partial charge < -0.3 is 15.2 Å². The van der Waals surface area contributed by atoms with Gasteiger partial charge >= 0.3 is 6.03 Å². The average Bonchev–Trinajstić information content (AvgIpc) is 3.17. The predicted octanol–water partition coefficient (Wildman–Crippen LogP) is 4.55. The molecule has 1 heterocycles. The second-order valence-electron chi connectivity index (χ2n) is 7.49. The highest BCUT2D eigenvalue weighted by molar-refractivity contribution is 5.75. The first-order valence-corrected chi connectivity index (χ1v) is 9.55. The Morgan fingerprint density at radius 2 is 1.90 bits per heavy atom. The van der Waals surface area contributed by atoms with Gasteiger partial charge in [-0.15, -0.1) is 0 Å². The monoisotopic (exact) mass is 390 g/mol. The number of rotatable bonds is 7. The standard InChI is InChI=1S/C23H26N4O2/c1-16(2)18-11-8-12-19(15-18)23(3,4)26-22(28)24-14-13-20-25-21(27-29-20)17-9-6-5-7-10-17/h5-12,15H,1,13-14H2,2-4H3,(H2,24,26,28). The molecule has 0 aliphatic carbocycles. The van der Waals surface area contributed by atoms with E-state index in [-0.39, 0.29) is 6.03 Å². The zero-order chi connectivity index (χ0) is 20.9. The fourth-order valence-corrected chi connectivity index (χ4v) is 2.92. The third-order valence-electron chi connectivity index (χ3n) is 4.63. The van der Waals surface area contributed by atoms with Gasteiger partial charge in [-0.3, -0.25) is 0 Å². The number of aromatic nitrogens is 2. The summed E-state index contributed by atoms with van der Waals surface area (Å²) in [7, 11) is 0. The molecule has 0 unspecified atom stereocenters. The molecule has 6 nitrogen and oxygen atoms in total. The Hall–Kier alpha value is -3.41. The van der Waals surface area contributed by atoms with Crippen LogP contribution < -0.4 is 10.6 Å². The van der Waals surface area contributed by atoms with Crippen LogP contribution in [0.25, 0.3) is 17.0 Å². The first-order chi connectivity index (χ1) is 13.8. The van der Waals surface area contributed by atoms with Gasteiger partial charge in [-0.2, -0.15) is 4.98 Å². The highest BCUT2D eigenvalue weighted by Crippen LogP contribution is 2.23. The van der Waals surface area contributed by atoms with Crippen LogP contribution >= 0.6 is 0 Å². The first kappa shape index (κ1) is 20.3. The highest BCUT2D eigenvalue weighted by Gasteiger charge is 2.23. The van der Waals surface area contributed by atoms with Gasteiger partial charge in [0.2, 0.25) is 11.7 Å². The van der Waals surface area contributed by atoms with Gasteiger partial charge in [-0.05, 0) is 38.0 Å². The van der Waals surface area contributed by atoms with Crippen LogP contribution in [0, 0.1) is 0 Å². The van der Waals surface area contributed by atoms with E-state index < -0.39 is 5.54 Å². The Labute approximate surface area is 171 Å². The molecule has 0 aliphatic heterocycles. The maximum Gasteiger partial charge on any atom is 0.315 e. The number of allylic oxidation sites excluding steroid dienone is 1. The first-order valence-electron chi connectivity index (χ1n) is 9.55. The molecule has 1 aromatic heterocycles. The van der Waals surface area contributed by atoms with E-state index in [0.717, 1.165) is 22.3 Å². The van der Waals surface area contributed by atoms with Crippen LogP contribution in [0.1, 0.15) is 37.8 Å². The molecule has 0 atom stereocenters. The van der Waals surface area contributed by atoms with Crippen molar-refractivity contribution in [2.24, 2.45) is 0 Å². The van der Waals surface area contributed by atoms with Gasteiger partial charge in [0.05, 0.1) is 5.54 Å². The molecular weight excluding hydrogens is 364 g/mol. The largest absolute Gasteiger partial charge is 0.339 e. The summed E-state index contributed by atoms with van der Waals surface area (Å²) in [6.07, 6.45) is 0.457. The highest BCUT2D eigenvalue weighted by atomic mass is 16.5. The van der Waals surface area contributed by atoms with Crippen LogP contribution in [0.4, 0.5) is 4.79 Å². The number of benzene rings is 2. The minimum atomic E-state index is -0.527. The molecule has 0 saturated heterocycles. The van der Waals surface area contributed by atoms with Gasteiger partial charge in [-0.25, -0.2) is 4.79 Å². The van der Waals surface area contributed by atoms with Crippen molar-refractivity contribution in [3.8, 4) is 11.4 Å². The van der Waals surface area contributed by atoms with E-state index in [1.165, 1.54) is 0 Å². The Bertz CT molecular complexity index is 993. The lowest BCUT2D eigenvalue weighted by Crippen LogP contribution is -2.46. The summed E-state index contributed by atoms with van der Waals surface area (Å²) in [6, 6.07) is 17.4. The van der Waals surface area contributed by atoms with Crippen LogP contribution in [0.2, 0.25) is 0 Å². The Kier molecular flexibility index (Phi) is 6.12. The van der Waals surface area contributed by atoms with E-state index in [1.54, 1.807) is 0 Å². The van der Waals surface area contributed by atoms with Crippen molar-refractivity contribution in [3.05, 3.63) is 78.2 Å². The quantitative estimate of drug-likeness (QED) is 0.620. The smallest absolute Gasteiger partial charge is 0.315 e. The molecule has 29 heavy (non-hydrogen) atoms. The normalized spacial score (nSPS) is 11.1. The van der Waals surface area contributed by atoms with Crippen LogP contribution in [0.5, 0.6) is 0 Å². The van der Waals surface area contributed by atoms with Crippen molar-refractivity contribution in [1.82, 2.24) is 20.8 Å². The van der Waals surface area contributed by atoms with E-state index in [2.05, 4.69) is 27.4 Å².